The van der Waals surface area contributed by atoms with E-state index in [9.17, 15) is 4.79 Å². The summed E-state index contributed by atoms with van der Waals surface area (Å²) in [5, 5.41) is 12.7. The number of nitrogens with one attached hydrogen (secondary N) is 2. The van der Waals surface area contributed by atoms with Crippen molar-refractivity contribution in [1.29, 1.82) is 0 Å². The van der Waals surface area contributed by atoms with Gasteiger partial charge in [0.25, 0.3) is 5.91 Å². The first-order chi connectivity index (χ1) is 12.2. The zero-order chi connectivity index (χ0) is 17.6. The van der Waals surface area contributed by atoms with Crippen molar-refractivity contribution >= 4 is 5.91 Å². The zero-order valence-corrected chi connectivity index (χ0v) is 13.8. The van der Waals surface area contributed by atoms with E-state index in [4.69, 9.17) is 14.0 Å². The Bertz CT molecular complexity index is 844. The van der Waals surface area contributed by atoms with Crippen molar-refractivity contribution < 1.29 is 18.8 Å². The molecule has 3 rings (SSSR count). The first-order valence-corrected chi connectivity index (χ1v) is 7.51. The fourth-order valence-electron chi connectivity index (χ4n) is 2.10. The highest BCUT2D eigenvalue weighted by Gasteiger charge is 2.14. The van der Waals surface area contributed by atoms with Crippen molar-refractivity contribution in [2.24, 2.45) is 0 Å². The largest absolute Gasteiger partial charge is 0.493 e. The van der Waals surface area contributed by atoms with E-state index in [1.807, 2.05) is 25.1 Å². The maximum absolute atomic E-state index is 12.0. The summed E-state index contributed by atoms with van der Waals surface area (Å²) in [6.07, 6.45) is 1.37. The van der Waals surface area contributed by atoms with E-state index < -0.39 is 0 Å². The van der Waals surface area contributed by atoms with Crippen molar-refractivity contribution in [3.05, 3.63) is 53.4 Å². The molecule has 130 valence electrons. The summed E-state index contributed by atoms with van der Waals surface area (Å²) < 4.78 is 16.1. The third-order valence-electron chi connectivity index (χ3n) is 3.36. The molecule has 9 heteroatoms. The molecule has 1 aromatic carbocycles. The SMILES string of the molecule is COc1cc(C)ccc1OCc1cc(C(=O)NCc2ncn[nH]2)no1. The number of carbonyl (C=O) groups excluding carboxylic acids is 1. The van der Waals surface area contributed by atoms with E-state index in [0.29, 0.717) is 23.1 Å². The van der Waals surface area contributed by atoms with Crippen molar-refractivity contribution in [3.63, 3.8) is 0 Å². The number of methoxy groups -OCH3 is 1. The number of carbonyl (C=O) groups is 1. The molecule has 0 radical (unpaired) electrons. The fraction of sp³-hybridized carbons (Fsp3) is 0.250. The maximum atomic E-state index is 12.0. The van der Waals surface area contributed by atoms with Crippen LogP contribution in [0.5, 0.6) is 11.5 Å². The molecule has 0 bridgehead atoms. The third kappa shape index (κ3) is 4.14. The molecule has 3 aromatic rings. The lowest BCUT2D eigenvalue weighted by Crippen LogP contribution is -2.23. The van der Waals surface area contributed by atoms with Gasteiger partial charge in [0.15, 0.2) is 23.0 Å². The Morgan fingerprint density at radius 2 is 2.20 bits per heavy atom. The molecule has 0 unspecified atom stereocenters. The first kappa shape index (κ1) is 16.5. The molecule has 2 N–H and O–H groups in total. The van der Waals surface area contributed by atoms with E-state index in [0.717, 1.165) is 5.56 Å². The molecule has 0 aliphatic heterocycles. The second kappa shape index (κ2) is 7.47. The molecule has 0 spiro atoms. The number of aromatic amines is 1. The van der Waals surface area contributed by atoms with E-state index >= 15 is 0 Å². The third-order valence-corrected chi connectivity index (χ3v) is 3.36. The summed E-state index contributed by atoms with van der Waals surface area (Å²) in [5.74, 6) is 1.81. The number of hydrogen-bond acceptors (Lipinski definition) is 7. The average molecular weight is 343 g/mol. The van der Waals surface area contributed by atoms with E-state index in [1.165, 1.54) is 12.4 Å². The van der Waals surface area contributed by atoms with Crippen molar-refractivity contribution in [2.75, 3.05) is 7.11 Å². The number of nitrogens with zero attached hydrogens (tertiary/aromatic N) is 3. The Balaban J connectivity index is 1.57. The summed E-state index contributed by atoms with van der Waals surface area (Å²) in [6.45, 7) is 2.31. The van der Waals surface area contributed by atoms with Crippen molar-refractivity contribution in [1.82, 2.24) is 25.7 Å². The molecule has 9 nitrogen and oxygen atoms in total. The Kier molecular flexibility index (Phi) is 4.93. The zero-order valence-electron chi connectivity index (χ0n) is 13.8. The number of H-pyrrole nitrogens is 1. The van der Waals surface area contributed by atoms with Gasteiger partial charge in [-0.05, 0) is 24.6 Å². The summed E-state index contributed by atoms with van der Waals surface area (Å²) in [6, 6.07) is 7.13. The minimum atomic E-state index is -0.376. The molecule has 0 saturated heterocycles. The highest BCUT2D eigenvalue weighted by Crippen LogP contribution is 2.28. The highest BCUT2D eigenvalue weighted by atomic mass is 16.5. The summed E-state index contributed by atoms with van der Waals surface area (Å²) in [5.41, 5.74) is 1.23. The second-order valence-electron chi connectivity index (χ2n) is 5.24. The van der Waals surface area contributed by atoms with Crippen LogP contribution in [0.1, 0.15) is 27.6 Å². The van der Waals surface area contributed by atoms with Gasteiger partial charge in [-0.3, -0.25) is 9.89 Å². The number of aromatic nitrogens is 4. The van der Waals surface area contributed by atoms with Crippen LogP contribution in [0.25, 0.3) is 0 Å². The monoisotopic (exact) mass is 343 g/mol. The molecule has 2 heterocycles. The van der Waals surface area contributed by atoms with Gasteiger partial charge in [0.1, 0.15) is 18.8 Å². The van der Waals surface area contributed by atoms with Gasteiger partial charge < -0.3 is 19.3 Å². The molecule has 0 aliphatic rings. The van der Waals surface area contributed by atoms with Gasteiger partial charge in [0.05, 0.1) is 13.7 Å². The molecule has 1 amide bonds. The maximum Gasteiger partial charge on any atom is 0.273 e. The van der Waals surface area contributed by atoms with Crippen molar-refractivity contribution in [3.8, 4) is 11.5 Å². The normalized spacial score (nSPS) is 10.5. The van der Waals surface area contributed by atoms with Crippen LogP contribution in [0.15, 0.2) is 35.1 Å². The molecule has 2 aromatic heterocycles. The standard InChI is InChI=1S/C16H17N5O4/c1-10-3-4-13(14(5-10)23-2)24-8-11-6-12(21-25-11)16(22)17-7-15-18-9-19-20-15/h3-6,9H,7-8H2,1-2H3,(H,17,22)(H,18,19,20). The van der Waals surface area contributed by atoms with Crippen molar-refractivity contribution in [2.45, 2.75) is 20.1 Å². The molecular weight excluding hydrogens is 326 g/mol. The second-order valence-corrected chi connectivity index (χ2v) is 5.24. The number of amides is 1. The topological polar surface area (TPSA) is 115 Å². The molecule has 0 atom stereocenters. The van der Waals surface area contributed by atoms with Crippen LogP contribution < -0.4 is 14.8 Å². The Morgan fingerprint density at radius 1 is 1.32 bits per heavy atom. The first-order valence-electron chi connectivity index (χ1n) is 7.51. The number of hydrogen-bond donors (Lipinski definition) is 2. The van der Waals surface area contributed by atoms with Crippen LogP contribution in [-0.4, -0.2) is 33.4 Å². The molecule has 0 fully saturated rings. The molecule has 0 aliphatic carbocycles. The van der Waals surface area contributed by atoms with Gasteiger partial charge in [-0.2, -0.15) is 5.10 Å². The Labute approximate surface area is 143 Å². The van der Waals surface area contributed by atoms with Gasteiger partial charge >= 0.3 is 0 Å². The summed E-state index contributed by atoms with van der Waals surface area (Å²) in [4.78, 5) is 15.9. The Hall–Kier alpha value is -3.36. The van der Waals surface area contributed by atoms with Crippen LogP contribution >= 0.6 is 0 Å². The predicted molar refractivity (Wildman–Crippen MR) is 86.1 cm³/mol. The lowest BCUT2D eigenvalue weighted by Gasteiger charge is -2.09. The van der Waals surface area contributed by atoms with Crippen LogP contribution in [0.2, 0.25) is 0 Å². The van der Waals surface area contributed by atoms with Gasteiger partial charge in [-0.15, -0.1) is 0 Å². The van der Waals surface area contributed by atoms with E-state index in [-0.39, 0.29) is 24.8 Å². The summed E-state index contributed by atoms with van der Waals surface area (Å²) in [7, 11) is 1.58. The van der Waals surface area contributed by atoms with Gasteiger partial charge in [0, 0.05) is 6.07 Å². The average Bonchev–Trinajstić information content (AvgIpc) is 3.30. The lowest BCUT2D eigenvalue weighted by atomic mass is 10.2. The minimum absolute atomic E-state index is 0.127. The smallest absolute Gasteiger partial charge is 0.273 e. The number of aryl methyl sites for hydroxylation is 1. The Morgan fingerprint density at radius 3 is 2.96 bits per heavy atom. The van der Waals surface area contributed by atoms with Crippen LogP contribution in [0.4, 0.5) is 0 Å². The van der Waals surface area contributed by atoms with Crippen LogP contribution in [0, 0.1) is 6.92 Å². The van der Waals surface area contributed by atoms with Crippen LogP contribution in [-0.2, 0) is 13.2 Å². The number of ether oxygens (including phenoxy) is 2. The summed E-state index contributed by atoms with van der Waals surface area (Å²) >= 11 is 0. The minimum Gasteiger partial charge on any atom is -0.493 e. The fourth-order valence-corrected chi connectivity index (χ4v) is 2.10. The van der Waals surface area contributed by atoms with Gasteiger partial charge in [0.2, 0.25) is 0 Å². The van der Waals surface area contributed by atoms with Gasteiger partial charge in [-0.25, -0.2) is 4.98 Å². The molecular formula is C16H17N5O4. The quantitative estimate of drug-likeness (QED) is 0.669. The molecule has 25 heavy (non-hydrogen) atoms. The van der Waals surface area contributed by atoms with E-state index in [1.54, 1.807) is 7.11 Å². The molecule has 0 saturated carbocycles. The lowest BCUT2D eigenvalue weighted by molar-refractivity contribution is 0.0940. The van der Waals surface area contributed by atoms with E-state index in [2.05, 4.69) is 25.7 Å². The number of rotatable bonds is 7. The predicted octanol–water partition coefficient (Wildman–Crippen LogP) is 1.62. The number of benzene rings is 1. The van der Waals surface area contributed by atoms with Crippen LogP contribution in [0.3, 0.4) is 0 Å². The van der Waals surface area contributed by atoms with Gasteiger partial charge in [-0.1, -0.05) is 11.2 Å². The highest BCUT2D eigenvalue weighted by molar-refractivity contribution is 5.92.